The van der Waals surface area contributed by atoms with Gasteiger partial charge in [0.2, 0.25) is 6.79 Å². The van der Waals surface area contributed by atoms with E-state index < -0.39 is 0 Å². The first-order valence-electron chi connectivity index (χ1n) is 9.99. The van der Waals surface area contributed by atoms with E-state index in [1.165, 1.54) is 0 Å². The van der Waals surface area contributed by atoms with Gasteiger partial charge in [-0.15, -0.1) is 0 Å². The zero-order chi connectivity index (χ0) is 21.3. The van der Waals surface area contributed by atoms with Crippen molar-refractivity contribution in [3.05, 3.63) is 69.0 Å². The van der Waals surface area contributed by atoms with Gasteiger partial charge in [0, 0.05) is 18.7 Å². The van der Waals surface area contributed by atoms with Gasteiger partial charge in [-0.3, -0.25) is 4.79 Å². The summed E-state index contributed by atoms with van der Waals surface area (Å²) in [4.78, 5) is 30.1. The maximum absolute atomic E-state index is 12.7. The second-order valence-electron chi connectivity index (χ2n) is 7.55. The number of aromatic nitrogens is 1. The highest BCUT2D eigenvalue weighted by atomic mass is 16.7. The molecule has 0 fully saturated rings. The van der Waals surface area contributed by atoms with Crippen molar-refractivity contribution in [2.45, 2.75) is 33.9 Å². The molecule has 2 N–H and O–H groups in total. The molecule has 0 spiro atoms. The minimum atomic E-state index is -0.227. The van der Waals surface area contributed by atoms with Crippen LogP contribution in [0, 0.1) is 13.8 Å². The smallest absolute Gasteiger partial charge is 0.317 e. The largest absolute Gasteiger partial charge is 0.454 e. The number of rotatable bonds is 5. The van der Waals surface area contributed by atoms with Crippen molar-refractivity contribution in [2.75, 3.05) is 13.3 Å². The van der Waals surface area contributed by atoms with Gasteiger partial charge in [-0.25, -0.2) is 4.79 Å². The summed E-state index contributed by atoms with van der Waals surface area (Å²) in [5.74, 6) is 1.36. The fourth-order valence-corrected chi connectivity index (χ4v) is 3.78. The lowest BCUT2D eigenvalue weighted by Gasteiger charge is -2.23. The van der Waals surface area contributed by atoms with Crippen LogP contribution in [0.1, 0.15) is 29.2 Å². The summed E-state index contributed by atoms with van der Waals surface area (Å²) in [6.07, 6.45) is 0. The number of carbonyl (C=O) groups is 1. The van der Waals surface area contributed by atoms with E-state index in [4.69, 9.17) is 9.47 Å². The SMILES string of the molecule is CCNC(=O)N(Cc1ccc2c(c1)OCO2)Cc1cc2cc(C)cc(C)c2[nH]c1=O. The van der Waals surface area contributed by atoms with Crippen LogP contribution < -0.4 is 20.3 Å². The van der Waals surface area contributed by atoms with Crippen LogP contribution in [0.3, 0.4) is 0 Å². The van der Waals surface area contributed by atoms with E-state index in [1.54, 1.807) is 4.90 Å². The molecule has 1 aromatic heterocycles. The van der Waals surface area contributed by atoms with Gasteiger partial charge >= 0.3 is 6.03 Å². The predicted molar refractivity (Wildman–Crippen MR) is 115 cm³/mol. The molecule has 0 aliphatic carbocycles. The minimum Gasteiger partial charge on any atom is -0.454 e. The summed E-state index contributed by atoms with van der Waals surface area (Å²) < 4.78 is 10.8. The lowest BCUT2D eigenvalue weighted by atomic mass is 10.0. The number of H-pyrrole nitrogens is 1. The molecule has 0 saturated heterocycles. The van der Waals surface area contributed by atoms with Crippen LogP contribution in [0.25, 0.3) is 10.9 Å². The molecule has 2 aromatic carbocycles. The number of hydrogen-bond donors (Lipinski definition) is 2. The number of aromatic amines is 1. The molecule has 3 aromatic rings. The number of urea groups is 1. The molecular weight excluding hydrogens is 382 g/mol. The molecule has 7 heteroatoms. The minimum absolute atomic E-state index is 0.186. The fourth-order valence-electron chi connectivity index (χ4n) is 3.78. The Morgan fingerprint density at radius 3 is 2.70 bits per heavy atom. The van der Waals surface area contributed by atoms with E-state index in [1.807, 2.05) is 57.2 Å². The molecule has 0 bridgehead atoms. The number of benzene rings is 2. The highest BCUT2D eigenvalue weighted by Gasteiger charge is 2.19. The van der Waals surface area contributed by atoms with Gasteiger partial charge < -0.3 is 24.7 Å². The van der Waals surface area contributed by atoms with Crippen LogP contribution in [0.2, 0.25) is 0 Å². The van der Waals surface area contributed by atoms with E-state index in [-0.39, 0.29) is 24.9 Å². The number of hydrogen-bond acceptors (Lipinski definition) is 4. The van der Waals surface area contributed by atoms with Crippen LogP contribution >= 0.6 is 0 Å². The van der Waals surface area contributed by atoms with Gasteiger partial charge in [-0.05, 0) is 61.5 Å². The van der Waals surface area contributed by atoms with Gasteiger partial charge in [-0.2, -0.15) is 0 Å². The van der Waals surface area contributed by atoms with Crippen molar-refractivity contribution in [1.82, 2.24) is 15.2 Å². The van der Waals surface area contributed by atoms with E-state index in [0.29, 0.717) is 30.2 Å². The number of aryl methyl sites for hydroxylation is 2. The summed E-state index contributed by atoms with van der Waals surface area (Å²) in [5, 5.41) is 3.79. The maximum atomic E-state index is 12.7. The van der Waals surface area contributed by atoms with Crippen molar-refractivity contribution in [1.29, 1.82) is 0 Å². The molecule has 7 nitrogen and oxygen atoms in total. The lowest BCUT2D eigenvalue weighted by Crippen LogP contribution is -2.40. The zero-order valence-corrected chi connectivity index (χ0v) is 17.4. The highest BCUT2D eigenvalue weighted by molar-refractivity contribution is 5.83. The monoisotopic (exact) mass is 407 g/mol. The predicted octanol–water partition coefficient (Wildman–Crippen LogP) is 3.61. The normalized spacial score (nSPS) is 12.2. The first kappa shape index (κ1) is 19.8. The Morgan fingerprint density at radius 2 is 1.90 bits per heavy atom. The number of nitrogens with zero attached hydrogens (tertiary/aromatic N) is 1. The maximum Gasteiger partial charge on any atom is 0.317 e. The third kappa shape index (κ3) is 3.96. The third-order valence-electron chi connectivity index (χ3n) is 5.16. The Morgan fingerprint density at radius 1 is 1.10 bits per heavy atom. The molecule has 156 valence electrons. The van der Waals surface area contributed by atoms with Crippen LogP contribution in [-0.4, -0.2) is 29.3 Å². The quantitative estimate of drug-likeness (QED) is 0.677. The molecule has 2 heterocycles. The van der Waals surface area contributed by atoms with Crippen LogP contribution in [0.15, 0.2) is 41.2 Å². The molecule has 1 aliphatic rings. The second kappa shape index (κ2) is 8.10. The number of ether oxygens (including phenoxy) is 2. The Hall–Kier alpha value is -3.48. The van der Waals surface area contributed by atoms with Crippen molar-refractivity contribution in [2.24, 2.45) is 0 Å². The van der Waals surface area contributed by atoms with Crippen LogP contribution in [0.5, 0.6) is 11.5 Å². The number of pyridine rings is 1. The van der Waals surface area contributed by atoms with Gasteiger partial charge in [0.15, 0.2) is 11.5 Å². The molecule has 30 heavy (non-hydrogen) atoms. The molecule has 0 unspecified atom stereocenters. The van der Waals surface area contributed by atoms with E-state index in [2.05, 4.69) is 10.3 Å². The van der Waals surface area contributed by atoms with Gasteiger partial charge in [0.25, 0.3) is 5.56 Å². The molecular formula is C23H25N3O4. The Labute approximate surface area is 174 Å². The van der Waals surface area contributed by atoms with E-state index in [0.717, 1.165) is 27.6 Å². The van der Waals surface area contributed by atoms with Gasteiger partial charge in [-0.1, -0.05) is 17.7 Å². The summed E-state index contributed by atoms with van der Waals surface area (Å²) in [7, 11) is 0. The Kier molecular flexibility index (Phi) is 5.35. The molecule has 0 radical (unpaired) electrons. The molecule has 1 aliphatic heterocycles. The number of carbonyl (C=O) groups excluding carboxylic acids is 1. The third-order valence-corrected chi connectivity index (χ3v) is 5.16. The first-order valence-corrected chi connectivity index (χ1v) is 9.99. The standard InChI is InChI=1S/C23H25N3O4/c1-4-24-23(28)26(11-16-5-6-19-20(9-16)30-13-29-19)12-18-10-17-8-14(2)7-15(3)21(17)25-22(18)27/h5-10H,4,11-13H2,1-3H3,(H,24,28)(H,25,27). The summed E-state index contributed by atoms with van der Waals surface area (Å²) >= 11 is 0. The van der Waals surface area contributed by atoms with Gasteiger partial charge in [0.1, 0.15) is 0 Å². The van der Waals surface area contributed by atoms with Crippen molar-refractivity contribution in [3.8, 4) is 11.5 Å². The van der Waals surface area contributed by atoms with E-state index in [9.17, 15) is 9.59 Å². The summed E-state index contributed by atoms with van der Waals surface area (Å²) in [6.45, 7) is 7.10. The first-order chi connectivity index (χ1) is 14.4. The average molecular weight is 407 g/mol. The zero-order valence-electron chi connectivity index (χ0n) is 17.4. The second-order valence-corrected chi connectivity index (χ2v) is 7.55. The van der Waals surface area contributed by atoms with Gasteiger partial charge in [0.05, 0.1) is 12.1 Å². The van der Waals surface area contributed by atoms with Crippen molar-refractivity contribution in [3.63, 3.8) is 0 Å². The summed E-state index contributed by atoms with van der Waals surface area (Å²) in [5.41, 5.74) is 4.23. The Balaban J connectivity index is 1.66. The molecule has 0 saturated carbocycles. The number of nitrogens with one attached hydrogen (secondary N) is 2. The number of amides is 2. The number of fused-ring (bicyclic) bond motifs is 2. The van der Waals surface area contributed by atoms with Crippen LogP contribution in [0.4, 0.5) is 4.79 Å². The molecule has 4 rings (SSSR count). The van der Waals surface area contributed by atoms with Crippen LogP contribution in [-0.2, 0) is 13.1 Å². The Bertz CT molecular complexity index is 1170. The van der Waals surface area contributed by atoms with Crippen molar-refractivity contribution < 1.29 is 14.3 Å². The van der Waals surface area contributed by atoms with Crippen molar-refractivity contribution >= 4 is 16.9 Å². The highest BCUT2D eigenvalue weighted by Crippen LogP contribution is 2.33. The lowest BCUT2D eigenvalue weighted by molar-refractivity contribution is 0.173. The molecule has 2 amide bonds. The fraction of sp³-hybridized carbons (Fsp3) is 0.304. The topological polar surface area (TPSA) is 83.7 Å². The average Bonchev–Trinajstić information content (AvgIpc) is 3.16. The molecule has 0 atom stereocenters. The summed E-state index contributed by atoms with van der Waals surface area (Å²) in [6, 6.07) is 11.3. The van der Waals surface area contributed by atoms with E-state index >= 15 is 0 Å².